The maximum atomic E-state index is 2.26. The van der Waals surface area contributed by atoms with Crippen molar-refractivity contribution in [3.05, 3.63) is 31.0 Å². The smallest absolute Gasteiger partial charge is 0.0691 e. The minimum atomic E-state index is 0. The highest BCUT2D eigenvalue weighted by atomic mass is 28.2. The third-order valence-electron chi connectivity index (χ3n) is 0.655. The van der Waals surface area contributed by atoms with Gasteiger partial charge in [0.25, 0.3) is 0 Å². The van der Waals surface area contributed by atoms with E-state index in [1.807, 2.05) is 0 Å². The highest BCUT2D eigenvalue weighted by Crippen LogP contribution is 1.82. The Labute approximate surface area is 41.4 Å². The Hall–Kier alpha value is -0.303. The average Bonchev–Trinajstić information content (AvgIpc) is 1.76. The van der Waals surface area contributed by atoms with Gasteiger partial charge >= 0.3 is 0 Å². The molecule has 0 aromatic heterocycles. The lowest BCUT2D eigenvalue weighted by Gasteiger charge is -1.54. The zero-order valence-electron chi connectivity index (χ0n) is 3.52. The quantitative estimate of drug-likeness (QED) is 0.378. The number of rotatable bonds is 0. The molecule has 1 rings (SSSR count). The highest BCUT2D eigenvalue weighted by molar-refractivity contribution is 6.49. The molecule has 6 heavy (non-hydrogen) atoms. The fourth-order valence-electron chi connectivity index (χ4n) is 0.393. The maximum Gasteiger partial charge on any atom is 0.0691 e. The van der Waals surface area contributed by atoms with Gasteiger partial charge in [0.05, 0.1) is 9.52 Å². The lowest BCUT2D eigenvalue weighted by atomic mass is 10.6. The number of hydrogen-bond donors (Lipinski definition) is 0. The molecule has 0 atom stereocenters. The Morgan fingerprint density at radius 1 is 1.00 bits per heavy atom. The minimum absolute atomic E-state index is 0. The molecule has 0 unspecified atom stereocenters. The lowest BCUT2D eigenvalue weighted by Crippen LogP contribution is -1.63. The molecular weight excluding hydrogens is 88.1 g/mol. The van der Waals surface area contributed by atoms with Crippen LogP contribution in [0.15, 0.2) is 23.6 Å². The molecule has 0 bridgehead atoms. The SMILES string of the molecule is C1=C[SiH2]C=C1.[C]. The third kappa shape index (κ3) is 1.22. The predicted octanol–water partition coefficient (Wildman–Crippen LogP) is 0.277. The van der Waals surface area contributed by atoms with Crippen LogP contribution in [0, 0.1) is 7.43 Å². The predicted molar refractivity (Wildman–Crippen MR) is 30.1 cm³/mol. The van der Waals surface area contributed by atoms with E-state index in [0.29, 0.717) is 0 Å². The molecule has 0 N–H and O–H groups in total. The first kappa shape index (κ1) is 5.70. The van der Waals surface area contributed by atoms with Crippen LogP contribution in [0.25, 0.3) is 0 Å². The van der Waals surface area contributed by atoms with E-state index in [0.717, 1.165) is 0 Å². The molecule has 0 aliphatic carbocycles. The first-order valence-electron chi connectivity index (χ1n) is 1.82. The molecule has 0 saturated heterocycles. The summed E-state index contributed by atoms with van der Waals surface area (Å²) in [6.07, 6.45) is 4.23. The molecule has 0 fully saturated rings. The summed E-state index contributed by atoms with van der Waals surface area (Å²) >= 11 is 0. The topological polar surface area (TPSA) is 0 Å². The van der Waals surface area contributed by atoms with Gasteiger partial charge in [0.1, 0.15) is 0 Å². The van der Waals surface area contributed by atoms with E-state index >= 15 is 0 Å². The standard InChI is InChI=1S/C4H6Si.C/c1-2-4-5-3-1;/h1-4H,5H2;. The van der Waals surface area contributed by atoms with Crippen molar-refractivity contribution in [3.63, 3.8) is 0 Å². The molecule has 4 radical (unpaired) electrons. The van der Waals surface area contributed by atoms with Crippen molar-refractivity contribution in [2.24, 2.45) is 0 Å². The first-order chi connectivity index (χ1) is 2.50. The molecule has 0 aromatic carbocycles. The Morgan fingerprint density at radius 2 is 1.50 bits per heavy atom. The van der Waals surface area contributed by atoms with Crippen LogP contribution in [0.4, 0.5) is 0 Å². The van der Waals surface area contributed by atoms with Crippen molar-refractivity contribution < 1.29 is 0 Å². The van der Waals surface area contributed by atoms with Crippen molar-refractivity contribution >= 4 is 9.52 Å². The van der Waals surface area contributed by atoms with E-state index in [4.69, 9.17) is 0 Å². The second-order valence-electron chi connectivity index (χ2n) is 1.09. The monoisotopic (exact) mass is 94.0 g/mol. The Balaban J connectivity index is 0.000000250. The van der Waals surface area contributed by atoms with Crippen LogP contribution >= 0.6 is 0 Å². The zero-order valence-corrected chi connectivity index (χ0v) is 4.93. The van der Waals surface area contributed by atoms with Gasteiger partial charge in [0.15, 0.2) is 0 Å². The van der Waals surface area contributed by atoms with E-state index < -0.39 is 0 Å². The molecule has 0 nitrogen and oxygen atoms in total. The molecular formula is C5H6Si. The van der Waals surface area contributed by atoms with E-state index in [-0.39, 0.29) is 16.9 Å². The largest absolute Gasteiger partial charge is 0.0969 e. The van der Waals surface area contributed by atoms with E-state index in [1.54, 1.807) is 0 Å². The zero-order chi connectivity index (χ0) is 3.54. The molecule has 1 aliphatic rings. The van der Waals surface area contributed by atoms with Gasteiger partial charge in [-0.2, -0.15) is 0 Å². The summed E-state index contributed by atoms with van der Waals surface area (Å²) < 4.78 is 0. The van der Waals surface area contributed by atoms with Crippen LogP contribution in [0.1, 0.15) is 0 Å². The molecule has 1 heteroatoms. The summed E-state index contributed by atoms with van der Waals surface area (Å²) in [5.74, 6) is 0. The van der Waals surface area contributed by atoms with Crippen molar-refractivity contribution in [1.82, 2.24) is 0 Å². The maximum absolute atomic E-state index is 2.26. The van der Waals surface area contributed by atoms with Crippen LogP contribution in [0.5, 0.6) is 0 Å². The third-order valence-corrected chi connectivity index (χ3v) is 1.74. The van der Waals surface area contributed by atoms with Gasteiger partial charge in [-0.05, 0) is 0 Å². The summed E-state index contributed by atoms with van der Waals surface area (Å²) in [6, 6.07) is 0. The number of hydrogen-bond acceptors (Lipinski definition) is 0. The second kappa shape index (κ2) is 2.91. The molecule has 0 aromatic rings. The Morgan fingerprint density at radius 3 is 1.67 bits per heavy atom. The first-order valence-corrected chi connectivity index (χ1v) is 3.45. The summed E-state index contributed by atoms with van der Waals surface area (Å²) in [4.78, 5) is 0. The van der Waals surface area contributed by atoms with Crippen molar-refractivity contribution in [1.29, 1.82) is 0 Å². The van der Waals surface area contributed by atoms with Crippen LogP contribution in [-0.4, -0.2) is 9.52 Å². The normalized spacial score (nSPS) is 14.7. The van der Waals surface area contributed by atoms with Crippen LogP contribution < -0.4 is 0 Å². The van der Waals surface area contributed by atoms with E-state index in [2.05, 4.69) is 23.6 Å². The Bertz CT molecular complexity index is 62.0. The summed E-state index contributed by atoms with van der Waals surface area (Å²) in [7, 11) is 0.182. The molecule has 30 valence electrons. The van der Waals surface area contributed by atoms with E-state index in [1.165, 1.54) is 0 Å². The molecule has 0 amide bonds. The summed E-state index contributed by atoms with van der Waals surface area (Å²) in [5.41, 5.74) is 4.53. The minimum Gasteiger partial charge on any atom is -0.0969 e. The molecule has 1 aliphatic heterocycles. The molecule has 0 spiro atoms. The van der Waals surface area contributed by atoms with Gasteiger partial charge < -0.3 is 0 Å². The van der Waals surface area contributed by atoms with Crippen molar-refractivity contribution in [2.75, 3.05) is 0 Å². The Kier molecular flexibility index (Phi) is 2.76. The van der Waals surface area contributed by atoms with E-state index in [9.17, 15) is 0 Å². The van der Waals surface area contributed by atoms with Crippen molar-refractivity contribution in [3.8, 4) is 0 Å². The second-order valence-corrected chi connectivity index (χ2v) is 2.51. The van der Waals surface area contributed by atoms with Gasteiger partial charge in [-0.15, -0.1) is 0 Å². The summed E-state index contributed by atoms with van der Waals surface area (Å²) in [6.45, 7) is 0. The van der Waals surface area contributed by atoms with Crippen molar-refractivity contribution in [2.45, 2.75) is 0 Å². The van der Waals surface area contributed by atoms with Crippen LogP contribution in [-0.2, 0) is 0 Å². The number of allylic oxidation sites excluding steroid dienone is 2. The van der Waals surface area contributed by atoms with Gasteiger partial charge in [-0.3, -0.25) is 0 Å². The highest BCUT2D eigenvalue weighted by Gasteiger charge is 1.73. The fraction of sp³-hybridized carbons (Fsp3) is 0. The fourth-order valence-corrected chi connectivity index (χ4v) is 1.18. The molecule has 1 heterocycles. The van der Waals surface area contributed by atoms with Gasteiger partial charge in [-0.1, -0.05) is 23.6 Å². The van der Waals surface area contributed by atoms with Gasteiger partial charge in [0, 0.05) is 7.43 Å². The molecule has 0 saturated carbocycles. The lowest BCUT2D eigenvalue weighted by molar-refractivity contribution is 2.15. The average molecular weight is 94.2 g/mol. The summed E-state index contributed by atoms with van der Waals surface area (Å²) in [5, 5.41) is 0. The van der Waals surface area contributed by atoms with Crippen LogP contribution in [0.2, 0.25) is 0 Å². The van der Waals surface area contributed by atoms with Gasteiger partial charge in [-0.25, -0.2) is 0 Å². The van der Waals surface area contributed by atoms with Crippen LogP contribution in [0.3, 0.4) is 0 Å². The van der Waals surface area contributed by atoms with Gasteiger partial charge in [0.2, 0.25) is 0 Å².